The Morgan fingerprint density at radius 3 is 2.18 bits per heavy atom. The lowest BCUT2D eigenvalue weighted by Crippen LogP contribution is -2.46. The average Bonchev–Trinajstić information content (AvgIpc) is 3.35. The minimum Gasteiger partial charge on any atom is -0.441 e. The van der Waals surface area contributed by atoms with E-state index in [9.17, 15) is 27.6 Å². The van der Waals surface area contributed by atoms with Crippen LogP contribution in [-0.2, 0) is 24.0 Å². The van der Waals surface area contributed by atoms with Crippen molar-refractivity contribution in [2.24, 2.45) is 5.92 Å². The number of likely N-dealkylation sites (tertiary alicyclic amines) is 2. The fraction of sp³-hybridized carbons (Fsp3) is 0.412. The number of carbonyl (C=O) groups is 3. The molecule has 0 bridgehead atoms. The van der Waals surface area contributed by atoms with Crippen LogP contribution in [0.4, 0.5) is 18.0 Å². The second kappa shape index (κ2) is 12.6. The average molecular weight is 621 g/mol. The molecule has 0 unspecified atom stereocenters. The molecule has 8 nitrogen and oxygen atoms in total. The molecule has 236 valence electrons. The van der Waals surface area contributed by atoms with Gasteiger partial charge in [0.1, 0.15) is 5.60 Å². The van der Waals surface area contributed by atoms with E-state index in [4.69, 9.17) is 4.74 Å². The smallest absolute Gasteiger partial charge is 0.416 e. The normalized spacial score (nSPS) is 19.1. The van der Waals surface area contributed by atoms with Crippen molar-refractivity contribution in [1.82, 2.24) is 19.7 Å². The summed E-state index contributed by atoms with van der Waals surface area (Å²) in [6, 6.07) is 18.0. The van der Waals surface area contributed by atoms with Gasteiger partial charge in [-0.2, -0.15) is 13.2 Å². The third kappa shape index (κ3) is 7.03. The number of carbonyl (C=O) groups excluding carboxylic acids is 3. The molecule has 1 aromatic heterocycles. The number of aromatic nitrogens is 1. The molecule has 3 aliphatic heterocycles. The number of piperidine rings is 2. The predicted molar refractivity (Wildman–Crippen MR) is 159 cm³/mol. The topological polar surface area (TPSA) is 83.0 Å². The maximum absolute atomic E-state index is 13.1. The van der Waals surface area contributed by atoms with Gasteiger partial charge in [-0.1, -0.05) is 42.5 Å². The van der Waals surface area contributed by atoms with E-state index in [-0.39, 0.29) is 24.2 Å². The van der Waals surface area contributed by atoms with Crippen LogP contribution in [0.25, 0.3) is 0 Å². The molecular formula is C34H35F3N4O4. The number of rotatable bonds is 7. The largest absolute Gasteiger partial charge is 0.441 e. The monoisotopic (exact) mass is 620 g/mol. The number of amides is 2. The Hall–Kier alpha value is -4.25. The summed E-state index contributed by atoms with van der Waals surface area (Å²) in [7, 11) is 0. The van der Waals surface area contributed by atoms with Gasteiger partial charge in [0, 0.05) is 63.2 Å². The van der Waals surface area contributed by atoms with Crippen LogP contribution in [0.3, 0.4) is 0 Å². The number of nitrogens with zero attached hydrogens (tertiary/aromatic N) is 4. The van der Waals surface area contributed by atoms with Crippen LogP contribution < -0.4 is 0 Å². The molecule has 0 aliphatic carbocycles. The Balaban J connectivity index is 0.971. The number of ketones is 1. The Morgan fingerprint density at radius 1 is 0.867 bits per heavy atom. The molecule has 3 aromatic rings. The highest BCUT2D eigenvalue weighted by molar-refractivity contribution is 5.98. The van der Waals surface area contributed by atoms with Crippen molar-refractivity contribution < 1.29 is 32.3 Å². The van der Waals surface area contributed by atoms with Crippen LogP contribution in [0.1, 0.15) is 63.2 Å². The van der Waals surface area contributed by atoms with Gasteiger partial charge in [0.15, 0.2) is 5.78 Å². The van der Waals surface area contributed by atoms with E-state index in [0.29, 0.717) is 81.8 Å². The molecule has 0 N–H and O–H groups in total. The molecule has 0 atom stereocenters. The van der Waals surface area contributed by atoms with Crippen LogP contribution in [0.5, 0.6) is 0 Å². The number of halogens is 3. The van der Waals surface area contributed by atoms with Gasteiger partial charge >= 0.3 is 12.3 Å². The van der Waals surface area contributed by atoms with Crippen molar-refractivity contribution in [2.45, 2.75) is 50.6 Å². The van der Waals surface area contributed by atoms with Gasteiger partial charge < -0.3 is 9.64 Å². The number of Topliss-reactive ketones (excluding diaryl/α,β-unsaturated/α-hetero) is 1. The Bertz CT molecular complexity index is 1510. The molecule has 2 aromatic carbocycles. The summed E-state index contributed by atoms with van der Waals surface area (Å²) in [5.74, 6) is -0.0892. The highest BCUT2D eigenvalue weighted by atomic mass is 19.4. The molecule has 0 saturated carbocycles. The first kappa shape index (κ1) is 30.8. The maximum Gasteiger partial charge on any atom is 0.416 e. The molecule has 11 heteroatoms. The molecule has 6 rings (SSSR count). The van der Waals surface area contributed by atoms with E-state index in [1.807, 2.05) is 30.3 Å². The summed E-state index contributed by atoms with van der Waals surface area (Å²) < 4.78 is 44.4. The number of hydrogen-bond acceptors (Lipinski definition) is 6. The van der Waals surface area contributed by atoms with Crippen LogP contribution in [0.15, 0.2) is 72.9 Å². The molecular weight excluding hydrogens is 585 g/mol. The SMILES string of the molecule is O=C(c1ccccc1)C1CCN(C(=O)c2ccc(CN3CC4(CCN(Cc5ccc(C(F)(F)F)cc5)CC4)OC3=O)nc2)CC1. The zero-order chi connectivity index (χ0) is 31.6. The van der Waals surface area contributed by atoms with E-state index < -0.39 is 23.4 Å². The van der Waals surface area contributed by atoms with Crippen LogP contribution in [0, 0.1) is 5.92 Å². The highest BCUT2D eigenvalue weighted by Gasteiger charge is 2.47. The van der Waals surface area contributed by atoms with Crippen LogP contribution >= 0.6 is 0 Å². The first-order chi connectivity index (χ1) is 21.6. The summed E-state index contributed by atoms with van der Waals surface area (Å²) in [4.78, 5) is 48.7. The lowest BCUT2D eigenvalue weighted by molar-refractivity contribution is -0.137. The zero-order valence-corrected chi connectivity index (χ0v) is 24.8. The third-order valence-electron chi connectivity index (χ3n) is 9.13. The van der Waals surface area contributed by atoms with E-state index in [1.54, 1.807) is 21.9 Å². The second-order valence-corrected chi connectivity index (χ2v) is 12.2. The van der Waals surface area contributed by atoms with Gasteiger partial charge in [0.25, 0.3) is 5.91 Å². The highest BCUT2D eigenvalue weighted by Crippen LogP contribution is 2.35. The van der Waals surface area contributed by atoms with Gasteiger partial charge in [-0.3, -0.25) is 24.4 Å². The first-order valence-corrected chi connectivity index (χ1v) is 15.3. The number of alkyl halides is 3. The number of ether oxygens (including phenoxy) is 1. The zero-order valence-electron chi connectivity index (χ0n) is 24.8. The quantitative estimate of drug-likeness (QED) is 0.310. The lowest BCUT2D eigenvalue weighted by atomic mass is 9.88. The van der Waals surface area contributed by atoms with E-state index >= 15 is 0 Å². The maximum atomic E-state index is 13.1. The Morgan fingerprint density at radius 2 is 1.56 bits per heavy atom. The summed E-state index contributed by atoms with van der Waals surface area (Å²) in [5.41, 5.74) is 1.36. The van der Waals surface area contributed by atoms with Crippen LogP contribution in [-0.4, -0.2) is 75.8 Å². The third-order valence-corrected chi connectivity index (χ3v) is 9.13. The summed E-state index contributed by atoms with van der Waals surface area (Å²) in [6.07, 6.45) is -0.716. The van der Waals surface area contributed by atoms with Crippen molar-refractivity contribution in [3.8, 4) is 0 Å². The minimum atomic E-state index is -4.35. The number of hydrogen-bond donors (Lipinski definition) is 0. The van der Waals surface area contributed by atoms with Gasteiger partial charge in [-0.15, -0.1) is 0 Å². The standard InChI is InChI=1S/C34H35F3N4O4/c35-34(36,37)28-9-6-24(7-10-28)21-39-18-14-33(15-19-39)23-41(32(44)45-33)22-29-11-8-27(20-38-29)31(43)40-16-12-26(13-17-40)30(42)25-4-2-1-3-5-25/h1-11,20,26H,12-19,21-23H2. The number of benzene rings is 2. The Kier molecular flexibility index (Phi) is 8.63. The molecule has 1 spiro atoms. The first-order valence-electron chi connectivity index (χ1n) is 15.3. The molecule has 3 fully saturated rings. The lowest BCUT2D eigenvalue weighted by Gasteiger charge is -2.37. The second-order valence-electron chi connectivity index (χ2n) is 12.2. The van der Waals surface area contributed by atoms with Crippen molar-refractivity contribution in [2.75, 3.05) is 32.7 Å². The van der Waals surface area contributed by atoms with Crippen molar-refractivity contribution in [1.29, 1.82) is 0 Å². The van der Waals surface area contributed by atoms with E-state index in [1.165, 1.54) is 18.3 Å². The van der Waals surface area contributed by atoms with E-state index in [2.05, 4.69) is 9.88 Å². The molecule has 0 radical (unpaired) electrons. The van der Waals surface area contributed by atoms with Gasteiger partial charge in [0.2, 0.25) is 0 Å². The predicted octanol–water partition coefficient (Wildman–Crippen LogP) is 5.82. The summed E-state index contributed by atoms with van der Waals surface area (Å²) in [5, 5.41) is 0. The van der Waals surface area contributed by atoms with Gasteiger partial charge in [0.05, 0.1) is 29.9 Å². The van der Waals surface area contributed by atoms with Crippen molar-refractivity contribution in [3.05, 3.63) is 101 Å². The van der Waals surface area contributed by atoms with E-state index in [0.717, 1.165) is 17.7 Å². The fourth-order valence-corrected chi connectivity index (χ4v) is 6.46. The van der Waals surface area contributed by atoms with Gasteiger partial charge in [-0.25, -0.2) is 4.79 Å². The summed E-state index contributed by atoms with van der Waals surface area (Å²) in [6.45, 7) is 3.56. The molecule has 2 amide bonds. The minimum absolute atomic E-state index is 0.0910. The molecule has 3 aliphatic rings. The molecule has 3 saturated heterocycles. The van der Waals surface area contributed by atoms with Crippen molar-refractivity contribution in [3.63, 3.8) is 0 Å². The fourth-order valence-electron chi connectivity index (χ4n) is 6.46. The Labute approximate surface area is 259 Å². The van der Waals surface area contributed by atoms with Gasteiger partial charge in [-0.05, 0) is 42.7 Å². The van der Waals surface area contributed by atoms with Crippen molar-refractivity contribution >= 4 is 17.8 Å². The number of pyridine rings is 1. The molecule has 45 heavy (non-hydrogen) atoms. The summed E-state index contributed by atoms with van der Waals surface area (Å²) >= 11 is 0. The molecule has 4 heterocycles. The van der Waals surface area contributed by atoms with Crippen LogP contribution in [0.2, 0.25) is 0 Å².